The summed E-state index contributed by atoms with van der Waals surface area (Å²) in [6, 6.07) is 110. The molecule has 1 aliphatic heterocycles. The van der Waals surface area contributed by atoms with Gasteiger partial charge in [-0.25, -0.2) is 0 Å². The van der Waals surface area contributed by atoms with Crippen molar-refractivity contribution in [3.05, 3.63) is 336 Å². The van der Waals surface area contributed by atoms with Gasteiger partial charge in [-0.1, -0.05) is 224 Å². The van der Waals surface area contributed by atoms with Gasteiger partial charge in [-0.15, -0.1) is 11.3 Å². The summed E-state index contributed by atoms with van der Waals surface area (Å²) in [6.07, 6.45) is 0. The molecule has 0 bridgehead atoms. The number of anilines is 3. The van der Waals surface area contributed by atoms with Crippen molar-refractivity contribution in [2.75, 3.05) is 4.90 Å². The third-order valence-electron chi connectivity index (χ3n) is 18.5. The largest absolute Gasteiger partial charge is 0.310 e. The van der Waals surface area contributed by atoms with Crippen molar-refractivity contribution < 1.29 is 0 Å². The number of hydrogen-bond donors (Lipinski definition) is 0. The van der Waals surface area contributed by atoms with Crippen LogP contribution in [0, 0.1) is 0 Å². The average Bonchev–Trinajstić information content (AvgIpc) is 2.68. The fourth-order valence-electron chi connectivity index (χ4n) is 15.2. The quantitative estimate of drug-likeness (QED) is 0.161. The number of thiophene rings is 1. The first kappa shape index (κ1) is 44.9. The number of hydrogen-bond acceptors (Lipinski definition) is 2. The second-order valence-corrected chi connectivity index (χ2v) is 23.3. The summed E-state index contributed by atoms with van der Waals surface area (Å²) in [6.45, 7) is 0. The monoisotopic (exact) mass is 1040 g/mol. The minimum absolute atomic E-state index is 0.611. The summed E-state index contributed by atoms with van der Waals surface area (Å²) in [5.41, 5.74) is 23.5. The van der Waals surface area contributed by atoms with Gasteiger partial charge in [-0.2, -0.15) is 0 Å². The van der Waals surface area contributed by atoms with Crippen LogP contribution in [0.1, 0.15) is 44.5 Å². The minimum Gasteiger partial charge on any atom is -0.310 e. The predicted octanol–water partition coefficient (Wildman–Crippen LogP) is 20.5. The zero-order valence-electron chi connectivity index (χ0n) is 44.0. The van der Waals surface area contributed by atoms with Gasteiger partial charge in [0.1, 0.15) is 0 Å². The SMILES string of the molecule is c1ccc(C2(c3ccccc3)c3cc(N(c4ccc(-c5ccc6sc7ccccc7c6c5)cc4)c4ccc5c(c4)C4(c6ccccc6-5)c5ccccc5-n5c6ccccc6c6cccc4c65)ccc3-c3c2ccc2ccccc32)cc1. The van der Waals surface area contributed by atoms with Crippen LogP contribution in [0.3, 0.4) is 0 Å². The smallest absolute Gasteiger partial charge is 0.0755 e. The minimum atomic E-state index is -0.612. The van der Waals surface area contributed by atoms with Gasteiger partial charge in [-0.05, 0) is 155 Å². The lowest BCUT2D eigenvalue weighted by atomic mass is 9.65. The van der Waals surface area contributed by atoms with E-state index in [9.17, 15) is 0 Å². The lowest BCUT2D eigenvalue weighted by Gasteiger charge is -2.40. The van der Waals surface area contributed by atoms with E-state index in [1.54, 1.807) is 0 Å². The molecule has 15 aromatic rings. The third kappa shape index (κ3) is 5.95. The molecule has 1 atom stereocenters. The summed E-state index contributed by atoms with van der Waals surface area (Å²) < 4.78 is 5.17. The van der Waals surface area contributed by atoms with Crippen molar-refractivity contribution in [1.82, 2.24) is 4.57 Å². The van der Waals surface area contributed by atoms with Gasteiger partial charge in [0, 0.05) is 48.0 Å². The van der Waals surface area contributed by atoms with Crippen molar-refractivity contribution in [2.45, 2.75) is 10.8 Å². The molecule has 376 valence electrons. The number of benzene rings is 13. The van der Waals surface area contributed by atoms with E-state index in [4.69, 9.17) is 0 Å². The Bertz CT molecular complexity index is 5080. The zero-order chi connectivity index (χ0) is 53.0. The maximum absolute atomic E-state index is 2.55. The molecule has 18 rings (SSSR count). The van der Waals surface area contributed by atoms with Crippen molar-refractivity contribution in [2.24, 2.45) is 0 Å². The molecular formula is C78H48N2S. The highest BCUT2D eigenvalue weighted by Crippen LogP contribution is 2.63. The summed E-state index contributed by atoms with van der Waals surface area (Å²) in [4.78, 5) is 2.53. The van der Waals surface area contributed by atoms with Crippen LogP contribution in [-0.4, -0.2) is 4.57 Å². The molecule has 3 heterocycles. The predicted molar refractivity (Wildman–Crippen MR) is 339 cm³/mol. The second kappa shape index (κ2) is 16.7. The van der Waals surface area contributed by atoms with Crippen LogP contribution in [0.25, 0.3) is 91.8 Å². The van der Waals surface area contributed by atoms with Gasteiger partial charge in [0.05, 0.1) is 27.6 Å². The Morgan fingerprint density at radius 2 is 0.889 bits per heavy atom. The fourth-order valence-corrected chi connectivity index (χ4v) is 16.3. The number of aromatic nitrogens is 1. The molecule has 0 saturated heterocycles. The van der Waals surface area contributed by atoms with Gasteiger partial charge in [0.2, 0.25) is 0 Å². The Morgan fingerprint density at radius 1 is 0.309 bits per heavy atom. The molecule has 81 heavy (non-hydrogen) atoms. The molecule has 0 radical (unpaired) electrons. The van der Waals surface area contributed by atoms with E-state index >= 15 is 0 Å². The molecular weight excluding hydrogens is 997 g/mol. The molecule has 2 nitrogen and oxygen atoms in total. The molecule has 2 aromatic heterocycles. The van der Waals surface area contributed by atoms with E-state index in [1.807, 2.05) is 11.3 Å². The first-order valence-electron chi connectivity index (χ1n) is 28.1. The summed E-state index contributed by atoms with van der Waals surface area (Å²) >= 11 is 1.87. The van der Waals surface area contributed by atoms with Gasteiger partial charge < -0.3 is 9.47 Å². The second-order valence-electron chi connectivity index (χ2n) is 22.2. The van der Waals surface area contributed by atoms with E-state index in [-0.39, 0.29) is 0 Å². The zero-order valence-corrected chi connectivity index (χ0v) is 44.8. The highest BCUT2D eigenvalue weighted by Gasteiger charge is 2.52. The Hall–Kier alpha value is -10.1. The molecule has 0 N–H and O–H groups in total. The first-order valence-corrected chi connectivity index (χ1v) is 29.0. The van der Waals surface area contributed by atoms with Gasteiger partial charge in [0.25, 0.3) is 0 Å². The van der Waals surface area contributed by atoms with E-state index in [1.165, 1.54) is 136 Å². The van der Waals surface area contributed by atoms with Crippen LogP contribution in [0.15, 0.2) is 291 Å². The Labute approximate surface area is 473 Å². The third-order valence-corrected chi connectivity index (χ3v) is 19.6. The first-order chi connectivity index (χ1) is 40.2. The molecule has 0 fully saturated rings. The molecule has 3 aliphatic rings. The maximum atomic E-state index is 2.55. The van der Waals surface area contributed by atoms with Crippen LogP contribution >= 0.6 is 11.3 Å². The van der Waals surface area contributed by atoms with Crippen molar-refractivity contribution in [3.8, 4) is 39.1 Å². The number of para-hydroxylation sites is 3. The molecule has 1 unspecified atom stereocenters. The van der Waals surface area contributed by atoms with Crippen LogP contribution in [0.4, 0.5) is 17.1 Å². The fraction of sp³-hybridized carbons (Fsp3) is 0.0256. The van der Waals surface area contributed by atoms with Crippen molar-refractivity contribution in [1.29, 1.82) is 0 Å². The summed E-state index contributed by atoms with van der Waals surface area (Å²) in [5.74, 6) is 0. The summed E-state index contributed by atoms with van der Waals surface area (Å²) in [5, 5.41) is 7.67. The molecule has 0 saturated carbocycles. The molecule has 1 spiro atoms. The number of fused-ring (bicyclic) bond motifs is 20. The Kier molecular flexibility index (Phi) is 9.27. The van der Waals surface area contributed by atoms with Gasteiger partial charge in [0.15, 0.2) is 0 Å². The van der Waals surface area contributed by atoms with Crippen LogP contribution in [-0.2, 0) is 10.8 Å². The highest BCUT2D eigenvalue weighted by atomic mass is 32.1. The van der Waals surface area contributed by atoms with E-state index < -0.39 is 10.8 Å². The van der Waals surface area contributed by atoms with Gasteiger partial charge in [-0.3, -0.25) is 0 Å². The van der Waals surface area contributed by atoms with Crippen LogP contribution in [0.5, 0.6) is 0 Å². The van der Waals surface area contributed by atoms with Crippen LogP contribution < -0.4 is 4.90 Å². The van der Waals surface area contributed by atoms with E-state index in [0.29, 0.717) is 0 Å². The standard InChI is InChI=1S/C78H48N2S/c1-3-19-52(20-4-1)77(53-21-5-2-6-22-53)67-44-36-50-18-7-8-23-57(50)75(67)63-43-41-56(48-70(63)77)79(54-38-34-49(35-39-54)51-37-45-74-64(46-51)61-26-11-16-33-73(61)81-74)55-40-42-59-58-24-9-12-28-65(58)78(69(59)47-55)66-29-13-15-32-72(66)80-71-31-14-10-25-60(71)62-27-17-30-68(78)76(62)80/h1-48H. The normalized spacial score (nSPS) is 15.1. The maximum Gasteiger partial charge on any atom is 0.0755 e. The van der Waals surface area contributed by atoms with Crippen LogP contribution in [0.2, 0.25) is 0 Å². The Balaban J connectivity index is 0.907. The molecule has 13 aromatic carbocycles. The van der Waals surface area contributed by atoms with E-state index in [2.05, 4.69) is 301 Å². The molecule has 2 aliphatic carbocycles. The highest BCUT2D eigenvalue weighted by molar-refractivity contribution is 7.25. The number of nitrogens with zero attached hydrogens (tertiary/aromatic N) is 2. The lowest BCUT2D eigenvalue weighted by molar-refractivity contribution is 0.748. The van der Waals surface area contributed by atoms with Gasteiger partial charge >= 0.3 is 0 Å². The Morgan fingerprint density at radius 3 is 1.69 bits per heavy atom. The molecule has 0 amide bonds. The lowest BCUT2D eigenvalue weighted by Crippen LogP contribution is -2.33. The van der Waals surface area contributed by atoms with E-state index in [0.717, 1.165) is 17.1 Å². The summed E-state index contributed by atoms with van der Waals surface area (Å²) in [7, 11) is 0. The average molecular weight is 1050 g/mol. The topological polar surface area (TPSA) is 8.17 Å². The number of rotatable bonds is 6. The van der Waals surface area contributed by atoms with Crippen molar-refractivity contribution in [3.63, 3.8) is 0 Å². The van der Waals surface area contributed by atoms with Crippen molar-refractivity contribution >= 4 is 81.1 Å². The molecule has 3 heteroatoms.